The van der Waals surface area contributed by atoms with E-state index in [1.165, 1.54) is 24.1 Å². The number of nitrogens with one attached hydrogen (secondary N) is 1. The molecule has 1 aliphatic rings. The smallest absolute Gasteiger partial charge is 0.359 e. The summed E-state index contributed by atoms with van der Waals surface area (Å²) in [7, 11) is 1.52. The molecule has 1 atom stereocenters. The minimum absolute atomic E-state index is 0.150. The average Bonchev–Trinajstić information content (AvgIpc) is 2.97. The van der Waals surface area contributed by atoms with Gasteiger partial charge in [-0.3, -0.25) is 14.5 Å². The Morgan fingerprint density at radius 1 is 1.29 bits per heavy atom. The number of aromatic nitrogens is 1. The standard InChI is InChI=1S/C23H23F4N5O2S/c1-22(2)20(34)31(15-9-16(23(25,26)27)18(11-28)30-12-15)21(35)32(22)14-8-7-13(17(24)10-14)5-4-6-19(33)29-3/h7-10,12,21,35H,4-6H2,1-3H3,(H,29,33). The molecule has 7 nitrogen and oxygen atoms in total. The van der Waals surface area contributed by atoms with Gasteiger partial charge in [0.05, 0.1) is 17.4 Å². The molecule has 1 saturated heterocycles. The fourth-order valence-corrected chi connectivity index (χ4v) is 4.62. The van der Waals surface area contributed by atoms with Gasteiger partial charge in [-0.15, -0.1) is 12.6 Å². The summed E-state index contributed by atoms with van der Waals surface area (Å²) < 4.78 is 55.2. The molecular weight excluding hydrogens is 486 g/mol. The molecule has 1 aliphatic heterocycles. The van der Waals surface area contributed by atoms with Crippen LogP contribution in [0.25, 0.3) is 0 Å². The topological polar surface area (TPSA) is 89.3 Å². The van der Waals surface area contributed by atoms with Crippen molar-refractivity contribution in [3.05, 3.63) is 53.1 Å². The van der Waals surface area contributed by atoms with Gasteiger partial charge in [0.1, 0.15) is 17.4 Å². The number of carbonyl (C=O) groups excluding carboxylic acids is 2. The number of nitriles is 1. The Labute approximate surface area is 205 Å². The van der Waals surface area contributed by atoms with E-state index in [-0.39, 0.29) is 18.0 Å². The van der Waals surface area contributed by atoms with Crippen molar-refractivity contribution < 1.29 is 27.2 Å². The van der Waals surface area contributed by atoms with E-state index >= 15 is 0 Å². The van der Waals surface area contributed by atoms with Crippen LogP contribution in [0.3, 0.4) is 0 Å². The largest absolute Gasteiger partial charge is 0.419 e. The lowest BCUT2D eigenvalue weighted by Gasteiger charge is -2.33. The zero-order valence-corrected chi connectivity index (χ0v) is 20.0. The first-order valence-electron chi connectivity index (χ1n) is 10.6. The summed E-state index contributed by atoms with van der Waals surface area (Å²) in [6.45, 7) is 3.10. The number of hydrogen-bond acceptors (Lipinski definition) is 6. The van der Waals surface area contributed by atoms with E-state index in [0.717, 1.165) is 11.1 Å². The fourth-order valence-electron chi connectivity index (χ4n) is 3.96. The van der Waals surface area contributed by atoms with Gasteiger partial charge in [0, 0.05) is 19.2 Å². The number of benzene rings is 1. The van der Waals surface area contributed by atoms with Crippen molar-refractivity contribution in [2.24, 2.45) is 0 Å². The maximum Gasteiger partial charge on any atom is 0.419 e. The number of hydrogen-bond donors (Lipinski definition) is 2. The number of pyridine rings is 1. The highest BCUT2D eigenvalue weighted by molar-refractivity contribution is 7.81. The Balaban J connectivity index is 1.94. The highest BCUT2D eigenvalue weighted by Gasteiger charge is 2.52. The van der Waals surface area contributed by atoms with Gasteiger partial charge in [0.2, 0.25) is 5.91 Å². The zero-order chi connectivity index (χ0) is 26.1. The predicted molar refractivity (Wildman–Crippen MR) is 124 cm³/mol. The predicted octanol–water partition coefficient (Wildman–Crippen LogP) is 4.03. The molecule has 2 aromatic rings. The molecule has 1 aromatic heterocycles. The molecule has 1 unspecified atom stereocenters. The number of amides is 2. The van der Waals surface area contributed by atoms with Gasteiger partial charge < -0.3 is 10.2 Å². The third kappa shape index (κ3) is 5.05. The maximum absolute atomic E-state index is 14.9. The molecule has 1 N–H and O–H groups in total. The van der Waals surface area contributed by atoms with Crippen LogP contribution in [0.5, 0.6) is 0 Å². The Hall–Kier alpha value is -3.33. The molecular formula is C23H23F4N5O2S. The summed E-state index contributed by atoms with van der Waals surface area (Å²) in [4.78, 5) is 30.7. The second-order valence-corrected chi connectivity index (χ2v) is 8.91. The number of anilines is 2. The second kappa shape index (κ2) is 9.73. The van der Waals surface area contributed by atoms with Gasteiger partial charge in [0.15, 0.2) is 11.2 Å². The van der Waals surface area contributed by atoms with Crippen LogP contribution in [0.15, 0.2) is 30.5 Å². The van der Waals surface area contributed by atoms with Crippen LogP contribution >= 0.6 is 12.6 Å². The van der Waals surface area contributed by atoms with Crippen molar-refractivity contribution in [1.29, 1.82) is 5.26 Å². The number of aryl methyl sites for hydroxylation is 1. The number of carbonyl (C=O) groups is 2. The molecule has 35 heavy (non-hydrogen) atoms. The fraction of sp³-hybridized carbons (Fsp3) is 0.391. The van der Waals surface area contributed by atoms with Crippen molar-refractivity contribution in [3.8, 4) is 6.07 Å². The maximum atomic E-state index is 14.9. The molecule has 1 fully saturated rings. The van der Waals surface area contributed by atoms with Crippen LogP contribution in [0, 0.1) is 17.1 Å². The number of rotatable bonds is 6. The zero-order valence-electron chi connectivity index (χ0n) is 19.1. The number of alkyl halides is 3. The van der Waals surface area contributed by atoms with Gasteiger partial charge in [-0.2, -0.15) is 18.4 Å². The summed E-state index contributed by atoms with van der Waals surface area (Å²) in [5.74, 6) is -1.27. The van der Waals surface area contributed by atoms with Gasteiger partial charge in [-0.1, -0.05) is 6.07 Å². The third-order valence-electron chi connectivity index (χ3n) is 5.81. The molecule has 0 aliphatic carbocycles. The number of nitrogens with zero attached hydrogens (tertiary/aromatic N) is 4. The van der Waals surface area contributed by atoms with E-state index in [9.17, 15) is 27.2 Å². The monoisotopic (exact) mass is 509 g/mol. The van der Waals surface area contributed by atoms with E-state index < -0.39 is 40.2 Å². The number of halogens is 4. The van der Waals surface area contributed by atoms with E-state index in [1.807, 2.05) is 0 Å². The Kier molecular flexibility index (Phi) is 7.31. The first-order valence-corrected chi connectivity index (χ1v) is 11.1. The second-order valence-electron chi connectivity index (χ2n) is 8.45. The molecule has 0 radical (unpaired) electrons. The molecule has 0 spiro atoms. The third-order valence-corrected chi connectivity index (χ3v) is 6.27. The van der Waals surface area contributed by atoms with Gasteiger partial charge in [0.25, 0.3) is 5.91 Å². The van der Waals surface area contributed by atoms with Gasteiger partial charge in [-0.05, 0) is 50.5 Å². The van der Waals surface area contributed by atoms with E-state index in [4.69, 9.17) is 5.26 Å². The van der Waals surface area contributed by atoms with E-state index in [0.29, 0.717) is 30.2 Å². The SMILES string of the molecule is CNC(=O)CCCc1ccc(N2C(S)N(c3cnc(C#N)c(C(F)(F)F)c3)C(=O)C2(C)C)cc1F. The highest BCUT2D eigenvalue weighted by Crippen LogP contribution is 2.42. The highest BCUT2D eigenvalue weighted by atomic mass is 32.1. The van der Waals surface area contributed by atoms with Gasteiger partial charge in [-0.25, -0.2) is 9.37 Å². The van der Waals surface area contributed by atoms with Crippen LogP contribution in [-0.2, 0) is 22.2 Å². The molecule has 2 amide bonds. The van der Waals surface area contributed by atoms with Gasteiger partial charge >= 0.3 is 6.18 Å². The van der Waals surface area contributed by atoms with E-state index in [1.54, 1.807) is 26.0 Å². The van der Waals surface area contributed by atoms with Crippen molar-refractivity contribution >= 4 is 35.8 Å². The summed E-state index contributed by atoms with van der Waals surface area (Å²) >= 11 is 4.47. The first-order chi connectivity index (χ1) is 16.3. The van der Waals surface area contributed by atoms with Crippen molar-refractivity contribution in [3.63, 3.8) is 0 Å². The normalized spacial score (nSPS) is 17.5. The minimum atomic E-state index is -4.85. The molecule has 0 bridgehead atoms. The van der Waals surface area contributed by atoms with Crippen molar-refractivity contribution in [1.82, 2.24) is 10.3 Å². The quantitative estimate of drug-likeness (QED) is 0.454. The molecule has 186 valence electrons. The molecule has 2 heterocycles. The van der Waals surface area contributed by atoms with E-state index in [2.05, 4.69) is 22.9 Å². The lowest BCUT2D eigenvalue weighted by molar-refractivity contribution is -0.138. The minimum Gasteiger partial charge on any atom is -0.359 e. The summed E-state index contributed by atoms with van der Waals surface area (Å²) in [6, 6.07) is 6.46. The molecule has 1 aromatic carbocycles. The van der Waals surface area contributed by atoms with Crippen LogP contribution < -0.4 is 15.1 Å². The van der Waals surface area contributed by atoms with Crippen LogP contribution in [0.2, 0.25) is 0 Å². The van der Waals surface area contributed by atoms with Crippen LogP contribution in [0.4, 0.5) is 28.9 Å². The molecule has 0 saturated carbocycles. The van der Waals surface area contributed by atoms with Crippen LogP contribution in [0.1, 0.15) is 43.5 Å². The lowest BCUT2D eigenvalue weighted by atomic mass is 10.0. The van der Waals surface area contributed by atoms with Crippen molar-refractivity contribution in [2.75, 3.05) is 16.8 Å². The number of thiol groups is 1. The molecule has 12 heteroatoms. The summed E-state index contributed by atoms with van der Waals surface area (Å²) in [5, 5.41) is 11.5. The average molecular weight is 510 g/mol. The summed E-state index contributed by atoms with van der Waals surface area (Å²) in [5.41, 5.74) is -3.94. The molecule has 3 rings (SSSR count). The Bertz CT molecular complexity index is 1200. The Morgan fingerprint density at radius 3 is 2.54 bits per heavy atom. The first kappa shape index (κ1) is 26.3. The lowest BCUT2D eigenvalue weighted by Crippen LogP contribution is -2.45. The van der Waals surface area contributed by atoms with Crippen molar-refractivity contribution in [2.45, 2.75) is 50.3 Å². The van der Waals surface area contributed by atoms with Crippen LogP contribution in [-0.4, -0.2) is 34.9 Å². The summed E-state index contributed by atoms with van der Waals surface area (Å²) in [6.07, 6.45) is -2.83. The Morgan fingerprint density at radius 2 is 1.97 bits per heavy atom.